The molecule has 0 saturated heterocycles. The average molecular weight is 221 g/mol. The average Bonchev–Trinajstić information content (AvgIpc) is 2.35. The van der Waals surface area contributed by atoms with Crippen molar-refractivity contribution in [3.8, 4) is 0 Å². The van der Waals surface area contributed by atoms with Gasteiger partial charge in [0.05, 0.1) is 0 Å². The van der Waals surface area contributed by atoms with Crippen molar-refractivity contribution < 1.29 is 9.59 Å². The van der Waals surface area contributed by atoms with E-state index >= 15 is 0 Å². The lowest BCUT2D eigenvalue weighted by atomic mass is 10.1. The van der Waals surface area contributed by atoms with E-state index in [-0.39, 0.29) is 0 Å². The van der Waals surface area contributed by atoms with Crippen LogP contribution in [-0.4, -0.2) is 30.3 Å². The monoisotopic (exact) mass is 221 g/mol. The Morgan fingerprint density at radius 3 is 2.50 bits per heavy atom. The van der Waals surface area contributed by atoms with Crippen LogP contribution >= 0.6 is 0 Å². The van der Waals surface area contributed by atoms with E-state index in [1.807, 2.05) is 35.8 Å². The number of likely N-dealkylation sites (N-methyl/N-ethyl adjacent to an activating group) is 1. The Morgan fingerprint density at radius 1 is 1.31 bits per heavy atom. The van der Waals surface area contributed by atoms with Gasteiger partial charge in [-0.1, -0.05) is 30.3 Å². The Morgan fingerprint density at radius 2 is 1.94 bits per heavy atom. The fourth-order valence-electron chi connectivity index (χ4n) is 1.28. The molecule has 0 spiro atoms. The van der Waals surface area contributed by atoms with Crippen LogP contribution in [0, 0.1) is 0 Å². The van der Waals surface area contributed by atoms with Crippen LogP contribution in [0.4, 0.5) is 0 Å². The molecule has 0 aliphatic rings. The highest BCUT2D eigenvalue weighted by molar-refractivity contribution is 6.34. The predicted octanol–water partition coefficient (Wildman–Crippen LogP) is -0.323. The lowest BCUT2D eigenvalue weighted by Gasteiger charge is -2.15. The summed E-state index contributed by atoms with van der Waals surface area (Å²) in [6, 6.07) is 9.75. The summed E-state index contributed by atoms with van der Waals surface area (Å²) in [4.78, 5) is 23.6. The predicted molar refractivity (Wildman–Crippen MR) is 60.1 cm³/mol. The van der Waals surface area contributed by atoms with Crippen LogP contribution in [-0.2, 0) is 16.0 Å². The summed E-state index contributed by atoms with van der Waals surface area (Å²) in [7, 11) is 1.57. The van der Waals surface area contributed by atoms with Crippen molar-refractivity contribution in [2.75, 3.05) is 13.6 Å². The van der Waals surface area contributed by atoms with Gasteiger partial charge >= 0.3 is 11.8 Å². The second kappa shape index (κ2) is 5.87. The van der Waals surface area contributed by atoms with Crippen LogP contribution in [0.25, 0.3) is 0 Å². The van der Waals surface area contributed by atoms with Crippen molar-refractivity contribution in [3.63, 3.8) is 0 Å². The number of amides is 2. The Hall–Kier alpha value is -1.88. The minimum absolute atomic E-state index is 0.482. The normalized spacial score (nSPS) is 9.62. The molecule has 0 saturated carbocycles. The van der Waals surface area contributed by atoms with Gasteiger partial charge in [0.2, 0.25) is 0 Å². The quantitative estimate of drug-likeness (QED) is 0.318. The third-order valence-electron chi connectivity index (χ3n) is 2.25. The molecule has 0 bridgehead atoms. The number of carbonyl (C=O) groups is 2. The second-order valence-electron chi connectivity index (χ2n) is 3.44. The van der Waals surface area contributed by atoms with Gasteiger partial charge in [-0.15, -0.1) is 0 Å². The number of hydrazine groups is 1. The number of hydrogen-bond acceptors (Lipinski definition) is 3. The third-order valence-corrected chi connectivity index (χ3v) is 2.25. The first-order valence-electron chi connectivity index (χ1n) is 4.95. The molecule has 0 aromatic heterocycles. The van der Waals surface area contributed by atoms with Gasteiger partial charge < -0.3 is 4.90 Å². The fraction of sp³-hybridized carbons (Fsp3) is 0.273. The number of rotatable bonds is 3. The first-order valence-corrected chi connectivity index (χ1v) is 4.95. The molecule has 0 radical (unpaired) electrons. The largest absolute Gasteiger partial charge is 0.337 e. The van der Waals surface area contributed by atoms with Crippen LogP contribution in [0.2, 0.25) is 0 Å². The molecule has 86 valence electrons. The van der Waals surface area contributed by atoms with Crippen molar-refractivity contribution in [2.45, 2.75) is 6.42 Å². The zero-order chi connectivity index (χ0) is 12.0. The molecule has 3 N–H and O–H groups in total. The molecular formula is C11H15N3O2. The minimum Gasteiger partial charge on any atom is -0.337 e. The summed E-state index contributed by atoms with van der Waals surface area (Å²) < 4.78 is 0. The molecule has 0 fully saturated rings. The van der Waals surface area contributed by atoms with Gasteiger partial charge in [0.1, 0.15) is 0 Å². The van der Waals surface area contributed by atoms with E-state index in [1.54, 1.807) is 7.05 Å². The van der Waals surface area contributed by atoms with E-state index in [0.717, 1.165) is 5.56 Å². The van der Waals surface area contributed by atoms with Crippen molar-refractivity contribution in [1.29, 1.82) is 0 Å². The van der Waals surface area contributed by atoms with Gasteiger partial charge in [0.15, 0.2) is 0 Å². The molecule has 16 heavy (non-hydrogen) atoms. The second-order valence-corrected chi connectivity index (χ2v) is 3.44. The van der Waals surface area contributed by atoms with Crippen LogP contribution < -0.4 is 11.3 Å². The van der Waals surface area contributed by atoms with E-state index in [9.17, 15) is 9.59 Å². The first kappa shape index (κ1) is 12.2. The smallest absolute Gasteiger partial charge is 0.323 e. The molecule has 1 aromatic carbocycles. The van der Waals surface area contributed by atoms with E-state index in [4.69, 9.17) is 5.84 Å². The van der Waals surface area contributed by atoms with Crippen molar-refractivity contribution >= 4 is 11.8 Å². The molecule has 5 heteroatoms. The number of nitrogens with zero attached hydrogens (tertiary/aromatic N) is 1. The number of nitrogens with one attached hydrogen (secondary N) is 1. The van der Waals surface area contributed by atoms with Crippen molar-refractivity contribution in [3.05, 3.63) is 35.9 Å². The first-order chi connectivity index (χ1) is 7.65. The third kappa shape index (κ3) is 3.36. The fourth-order valence-corrected chi connectivity index (χ4v) is 1.28. The molecule has 5 nitrogen and oxygen atoms in total. The maximum absolute atomic E-state index is 11.3. The summed E-state index contributed by atoms with van der Waals surface area (Å²) >= 11 is 0. The van der Waals surface area contributed by atoms with Gasteiger partial charge in [-0.2, -0.15) is 0 Å². The van der Waals surface area contributed by atoms with E-state index in [1.165, 1.54) is 4.90 Å². The Balaban J connectivity index is 2.44. The van der Waals surface area contributed by atoms with Gasteiger partial charge in [-0.05, 0) is 12.0 Å². The number of hydrogen-bond donors (Lipinski definition) is 2. The number of benzene rings is 1. The maximum atomic E-state index is 11.3. The summed E-state index contributed by atoms with van der Waals surface area (Å²) in [5.41, 5.74) is 2.93. The molecule has 1 rings (SSSR count). The van der Waals surface area contributed by atoms with Gasteiger partial charge in [0, 0.05) is 13.6 Å². The Bertz CT molecular complexity index is 365. The highest BCUT2D eigenvalue weighted by atomic mass is 16.2. The zero-order valence-electron chi connectivity index (χ0n) is 9.14. The number of nitrogens with two attached hydrogens (primary N) is 1. The Labute approximate surface area is 94.2 Å². The van der Waals surface area contributed by atoms with Crippen LogP contribution in [0.3, 0.4) is 0 Å². The molecule has 0 heterocycles. The summed E-state index contributed by atoms with van der Waals surface area (Å²) in [5.74, 6) is 3.45. The van der Waals surface area contributed by atoms with E-state index in [0.29, 0.717) is 13.0 Å². The molecule has 0 unspecified atom stereocenters. The van der Waals surface area contributed by atoms with Crippen molar-refractivity contribution in [2.24, 2.45) is 5.84 Å². The van der Waals surface area contributed by atoms with Crippen LogP contribution in [0.1, 0.15) is 5.56 Å². The molecule has 0 aliphatic carbocycles. The lowest BCUT2D eigenvalue weighted by Crippen LogP contribution is -2.44. The van der Waals surface area contributed by atoms with Crippen LogP contribution in [0.5, 0.6) is 0 Å². The lowest BCUT2D eigenvalue weighted by molar-refractivity contribution is -0.144. The summed E-state index contributed by atoms with van der Waals surface area (Å²) in [5, 5.41) is 0. The summed E-state index contributed by atoms with van der Waals surface area (Å²) in [6.07, 6.45) is 0.709. The highest BCUT2D eigenvalue weighted by Gasteiger charge is 2.16. The van der Waals surface area contributed by atoms with E-state index in [2.05, 4.69) is 0 Å². The topological polar surface area (TPSA) is 75.4 Å². The van der Waals surface area contributed by atoms with Crippen molar-refractivity contribution in [1.82, 2.24) is 10.3 Å². The maximum Gasteiger partial charge on any atom is 0.323 e. The molecule has 1 aromatic rings. The molecule has 0 atom stereocenters. The highest BCUT2D eigenvalue weighted by Crippen LogP contribution is 2.00. The summed E-state index contributed by atoms with van der Waals surface area (Å²) in [6.45, 7) is 0.482. The van der Waals surface area contributed by atoms with E-state index < -0.39 is 11.8 Å². The van der Waals surface area contributed by atoms with Gasteiger partial charge in [-0.3, -0.25) is 15.0 Å². The molecule has 2 amide bonds. The zero-order valence-corrected chi connectivity index (χ0v) is 9.14. The Kier molecular flexibility index (Phi) is 4.47. The molecule has 0 aliphatic heterocycles. The van der Waals surface area contributed by atoms with Gasteiger partial charge in [0.25, 0.3) is 0 Å². The molecular weight excluding hydrogens is 206 g/mol. The number of carbonyl (C=O) groups excluding carboxylic acids is 2. The van der Waals surface area contributed by atoms with Gasteiger partial charge in [-0.25, -0.2) is 5.84 Å². The van der Waals surface area contributed by atoms with Crippen LogP contribution in [0.15, 0.2) is 30.3 Å². The SMILES string of the molecule is CN(CCc1ccccc1)C(=O)C(=O)NN. The standard InChI is InChI=1S/C11H15N3O2/c1-14(11(16)10(15)13-12)8-7-9-5-3-2-4-6-9/h2-6H,7-8,12H2,1H3,(H,13,15). The minimum atomic E-state index is -0.796.